The Morgan fingerprint density at radius 1 is 1.21 bits per heavy atom. The van der Waals surface area contributed by atoms with Gasteiger partial charge < -0.3 is 19.9 Å². The largest absolute Gasteiger partial charge is 0.490 e. The zero-order valence-corrected chi connectivity index (χ0v) is 15.6. The van der Waals surface area contributed by atoms with E-state index in [0.29, 0.717) is 30.3 Å². The molecular formula is C18H20INO4. The minimum Gasteiger partial charge on any atom is -0.490 e. The van der Waals surface area contributed by atoms with Gasteiger partial charge in [-0.25, -0.2) is 0 Å². The molecule has 0 fully saturated rings. The first kappa shape index (κ1) is 18.5. The highest BCUT2D eigenvalue weighted by Gasteiger charge is 2.16. The standard InChI is InChI=1S/C18H20INO4/c1-2-23-16-11-14(18(22)20-8-9-21)10-15(19)17(16)24-12-13-6-4-3-5-7-13/h3-7,10-11,21H,2,8-9,12H2,1H3,(H,20,22). The molecule has 2 aromatic rings. The molecule has 128 valence electrons. The van der Waals surface area contributed by atoms with E-state index in [2.05, 4.69) is 27.9 Å². The average molecular weight is 441 g/mol. The van der Waals surface area contributed by atoms with Crippen molar-refractivity contribution < 1.29 is 19.4 Å². The fraction of sp³-hybridized carbons (Fsp3) is 0.278. The summed E-state index contributed by atoms with van der Waals surface area (Å²) in [6, 6.07) is 13.3. The van der Waals surface area contributed by atoms with E-state index in [1.807, 2.05) is 37.3 Å². The highest BCUT2D eigenvalue weighted by molar-refractivity contribution is 14.1. The summed E-state index contributed by atoms with van der Waals surface area (Å²) in [5, 5.41) is 11.5. The predicted molar refractivity (Wildman–Crippen MR) is 101 cm³/mol. The van der Waals surface area contributed by atoms with Crippen LogP contribution in [0.2, 0.25) is 0 Å². The minimum absolute atomic E-state index is 0.0978. The summed E-state index contributed by atoms with van der Waals surface area (Å²) in [7, 11) is 0. The molecule has 0 atom stereocenters. The molecule has 0 spiro atoms. The molecule has 6 heteroatoms. The van der Waals surface area contributed by atoms with Gasteiger partial charge >= 0.3 is 0 Å². The molecule has 0 aromatic heterocycles. The number of hydrogen-bond acceptors (Lipinski definition) is 4. The Kier molecular flexibility index (Phi) is 7.33. The van der Waals surface area contributed by atoms with E-state index < -0.39 is 0 Å². The number of aliphatic hydroxyl groups is 1. The van der Waals surface area contributed by atoms with Crippen LogP contribution < -0.4 is 14.8 Å². The van der Waals surface area contributed by atoms with E-state index in [1.54, 1.807) is 12.1 Å². The number of benzene rings is 2. The molecule has 2 aromatic carbocycles. The molecule has 1 amide bonds. The number of nitrogens with one attached hydrogen (secondary N) is 1. The van der Waals surface area contributed by atoms with E-state index in [4.69, 9.17) is 14.6 Å². The third kappa shape index (κ3) is 5.10. The fourth-order valence-corrected chi connectivity index (χ4v) is 2.86. The third-order valence-corrected chi connectivity index (χ3v) is 4.00. The lowest BCUT2D eigenvalue weighted by Crippen LogP contribution is -2.26. The second-order valence-corrected chi connectivity index (χ2v) is 6.13. The highest BCUT2D eigenvalue weighted by Crippen LogP contribution is 2.34. The van der Waals surface area contributed by atoms with Gasteiger partial charge in [0.1, 0.15) is 6.61 Å². The van der Waals surface area contributed by atoms with Crippen molar-refractivity contribution >= 4 is 28.5 Å². The number of halogens is 1. The maximum atomic E-state index is 12.1. The normalized spacial score (nSPS) is 10.3. The number of rotatable bonds is 8. The first-order valence-corrected chi connectivity index (χ1v) is 8.75. The molecular weight excluding hydrogens is 421 g/mol. The lowest BCUT2D eigenvalue weighted by atomic mass is 10.2. The van der Waals surface area contributed by atoms with Crippen LogP contribution in [0.25, 0.3) is 0 Å². The molecule has 5 nitrogen and oxygen atoms in total. The molecule has 0 saturated carbocycles. The van der Waals surface area contributed by atoms with Gasteiger partial charge in [-0.3, -0.25) is 4.79 Å². The van der Waals surface area contributed by atoms with Gasteiger partial charge in [0.25, 0.3) is 5.91 Å². The number of aliphatic hydroxyl groups excluding tert-OH is 1. The molecule has 0 saturated heterocycles. The molecule has 0 heterocycles. The maximum Gasteiger partial charge on any atom is 0.251 e. The molecule has 0 aliphatic rings. The van der Waals surface area contributed by atoms with Gasteiger partial charge in [-0.15, -0.1) is 0 Å². The van der Waals surface area contributed by atoms with Crippen molar-refractivity contribution in [2.75, 3.05) is 19.8 Å². The molecule has 2 N–H and O–H groups in total. The Balaban J connectivity index is 2.21. The molecule has 0 bridgehead atoms. The third-order valence-electron chi connectivity index (χ3n) is 3.19. The molecule has 0 aliphatic carbocycles. The number of carbonyl (C=O) groups is 1. The summed E-state index contributed by atoms with van der Waals surface area (Å²) in [5.41, 5.74) is 1.53. The van der Waals surface area contributed by atoms with E-state index in [-0.39, 0.29) is 19.1 Å². The number of amides is 1. The van der Waals surface area contributed by atoms with Crippen LogP contribution in [0.1, 0.15) is 22.8 Å². The van der Waals surface area contributed by atoms with Crippen molar-refractivity contribution in [3.8, 4) is 11.5 Å². The topological polar surface area (TPSA) is 67.8 Å². The summed E-state index contributed by atoms with van der Waals surface area (Å²) in [6.07, 6.45) is 0. The first-order valence-electron chi connectivity index (χ1n) is 7.67. The maximum absolute atomic E-state index is 12.1. The van der Waals surface area contributed by atoms with Crippen LogP contribution in [0, 0.1) is 3.57 Å². The Bertz CT molecular complexity index is 676. The fourth-order valence-electron chi connectivity index (χ4n) is 2.10. The van der Waals surface area contributed by atoms with Crippen LogP contribution in [0.3, 0.4) is 0 Å². The number of hydrogen-bond donors (Lipinski definition) is 2. The summed E-state index contributed by atoms with van der Waals surface area (Å²) in [5.74, 6) is 0.909. The summed E-state index contributed by atoms with van der Waals surface area (Å²) in [4.78, 5) is 12.1. The molecule has 0 unspecified atom stereocenters. The smallest absolute Gasteiger partial charge is 0.251 e. The number of carbonyl (C=O) groups excluding carboxylic acids is 1. The number of ether oxygens (including phenoxy) is 2. The zero-order valence-electron chi connectivity index (χ0n) is 13.4. The Morgan fingerprint density at radius 2 is 1.96 bits per heavy atom. The van der Waals surface area contributed by atoms with Crippen molar-refractivity contribution in [2.45, 2.75) is 13.5 Å². The SMILES string of the molecule is CCOc1cc(C(=O)NCCO)cc(I)c1OCc1ccccc1. The van der Waals surface area contributed by atoms with E-state index in [1.165, 1.54) is 0 Å². The van der Waals surface area contributed by atoms with Gasteiger partial charge in [-0.2, -0.15) is 0 Å². The van der Waals surface area contributed by atoms with Crippen molar-refractivity contribution in [1.82, 2.24) is 5.32 Å². The summed E-state index contributed by atoms with van der Waals surface area (Å²) in [6.45, 7) is 2.89. The van der Waals surface area contributed by atoms with Crippen molar-refractivity contribution in [2.24, 2.45) is 0 Å². The van der Waals surface area contributed by atoms with Gasteiger partial charge in [0.05, 0.1) is 16.8 Å². The molecule has 0 aliphatic heterocycles. The zero-order chi connectivity index (χ0) is 17.4. The van der Waals surface area contributed by atoms with Gasteiger partial charge in [0, 0.05) is 12.1 Å². The van der Waals surface area contributed by atoms with Gasteiger partial charge in [0.2, 0.25) is 0 Å². The van der Waals surface area contributed by atoms with Gasteiger partial charge in [-0.1, -0.05) is 30.3 Å². The van der Waals surface area contributed by atoms with Crippen LogP contribution in [-0.4, -0.2) is 30.8 Å². The minimum atomic E-state index is -0.252. The van der Waals surface area contributed by atoms with Crippen LogP contribution in [0.15, 0.2) is 42.5 Å². The summed E-state index contributed by atoms with van der Waals surface area (Å²) >= 11 is 2.13. The van der Waals surface area contributed by atoms with Crippen LogP contribution in [-0.2, 0) is 6.61 Å². The molecule has 24 heavy (non-hydrogen) atoms. The van der Waals surface area contributed by atoms with E-state index in [0.717, 1.165) is 9.13 Å². The second kappa shape index (κ2) is 9.48. The Hall–Kier alpha value is -1.80. The van der Waals surface area contributed by atoms with E-state index >= 15 is 0 Å². The highest BCUT2D eigenvalue weighted by atomic mass is 127. The lowest BCUT2D eigenvalue weighted by molar-refractivity contribution is 0.0944. The van der Waals surface area contributed by atoms with Crippen molar-refractivity contribution in [3.05, 3.63) is 57.2 Å². The molecule has 2 rings (SSSR count). The quantitative estimate of drug-likeness (QED) is 0.619. The molecule has 0 radical (unpaired) electrons. The van der Waals surface area contributed by atoms with Gasteiger partial charge in [-0.05, 0) is 47.2 Å². The monoisotopic (exact) mass is 441 g/mol. The summed E-state index contributed by atoms with van der Waals surface area (Å²) < 4.78 is 12.4. The van der Waals surface area contributed by atoms with Crippen LogP contribution in [0.4, 0.5) is 0 Å². The van der Waals surface area contributed by atoms with Crippen LogP contribution in [0.5, 0.6) is 11.5 Å². The Labute approximate surface area is 155 Å². The second-order valence-electron chi connectivity index (χ2n) is 4.97. The van der Waals surface area contributed by atoms with Gasteiger partial charge in [0.15, 0.2) is 11.5 Å². The lowest BCUT2D eigenvalue weighted by Gasteiger charge is -2.15. The van der Waals surface area contributed by atoms with Crippen molar-refractivity contribution in [1.29, 1.82) is 0 Å². The predicted octanol–water partition coefficient (Wildman–Crippen LogP) is 2.99. The average Bonchev–Trinajstić information content (AvgIpc) is 2.60. The Morgan fingerprint density at radius 3 is 2.62 bits per heavy atom. The van der Waals surface area contributed by atoms with Crippen molar-refractivity contribution in [3.63, 3.8) is 0 Å². The van der Waals surface area contributed by atoms with Crippen LogP contribution >= 0.6 is 22.6 Å². The first-order chi connectivity index (χ1) is 11.7. The van der Waals surface area contributed by atoms with E-state index in [9.17, 15) is 4.79 Å².